The fourth-order valence-corrected chi connectivity index (χ4v) is 4.64. The predicted molar refractivity (Wildman–Crippen MR) is 91.3 cm³/mol. The van der Waals surface area contributed by atoms with Gasteiger partial charge in [0.05, 0.1) is 0 Å². The molecule has 25 heavy (non-hydrogen) atoms. The van der Waals surface area contributed by atoms with E-state index in [2.05, 4.69) is 5.32 Å². The second-order valence-electron chi connectivity index (χ2n) is 7.33. The van der Waals surface area contributed by atoms with Gasteiger partial charge in [0.1, 0.15) is 6.04 Å². The van der Waals surface area contributed by atoms with Crippen LogP contribution in [0.4, 0.5) is 5.69 Å². The first-order chi connectivity index (χ1) is 12.0. The third-order valence-corrected chi connectivity index (χ3v) is 5.86. The minimum Gasteiger partial charge on any atom is -0.480 e. The second kappa shape index (κ2) is 6.17. The van der Waals surface area contributed by atoms with Crippen molar-refractivity contribution in [3.63, 3.8) is 0 Å². The minimum atomic E-state index is -0.909. The number of hydrogen-bond acceptors (Lipinski definition) is 3. The fourth-order valence-electron chi connectivity index (χ4n) is 4.64. The zero-order valence-corrected chi connectivity index (χ0v) is 14.0. The molecule has 6 nitrogen and oxygen atoms in total. The lowest BCUT2D eigenvalue weighted by atomic mass is 9.84. The first kappa shape index (κ1) is 16.1. The van der Waals surface area contributed by atoms with Gasteiger partial charge >= 0.3 is 5.97 Å². The van der Waals surface area contributed by atoms with Crippen molar-refractivity contribution in [3.05, 3.63) is 29.3 Å². The molecule has 3 atom stereocenters. The molecule has 2 fully saturated rings. The lowest BCUT2D eigenvalue weighted by molar-refractivity contribution is -0.141. The van der Waals surface area contributed by atoms with Crippen LogP contribution in [-0.4, -0.2) is 39.9 Å². The van der Waals surface area contributed by atoms with Gasteiger partial charge < -0.3 is 15.3 Å². The number of benzene rings is 1. The van der Waals surface area contributed by atoms with Crippen LogP contribution in [0.1, 0.15) is 54.4 Å². The number of likely N-dealkylation sites (tertiary alicyclic amines) is 1. The van der Waals surface area contributed by atoms with Gasteiger partial charge in [0.2, 0.25) is 5.91 Å². The molecule has 1 aliphatic carbocycles. The van der Waals surface area contributed by atoms with Gasteiger partial charge in [-0.1, -0.05) is 12.8 Å². The number of fused-ring (bicyclic) bond motifs is 2. The van der Waals surface area contributed by atoms with Crippen LogP contribution in [0.15, 0.2) is 18.2 Å². The summed E-state index contributed by atoms with van der Waals surface area (Å²) in [6.45, 7) is 0. The maximum Gasteiger partial charge on any atom is 0.326 e. The number of aryl methyl sites for hydroxylation is 1. The highest BCUT2D eigenvalue weighted by atomic mass is 16.4. The van der Waals surface area contributed by atoms with E-state index in [9.17, 15) is 19.5 Å². The van der Waals surface area contributed by atoms with Gasteiger partial charge in [-0.15, -0.1) is 0 Å². The molecule has 3 aliphatic rings. The molecule has 2 aliphatic heterocycles. The molecule has 132 valence electrons. The summed E-state index contributed by atoms with van der Waals surface area (Å²) in [5.41, 5.74) is 2.21. The average Bonchev–Trinajstić information content (AvgIpc) is 3.00. The molecule has 1 aromatic rings. The van der Waals surface area contributed by atoms with Gasteiger partial charge in [-0.25, -0.2) is 4.79 Å². The first-order valence-electron chi connectivity index (χ1n) is 9.03. The SMILES string of the molecule is O=C1CCc2cc(C(=O)N3[C@@H]4CCCC[C@H]4C[C@H]3C(=O)O)ccc2N1. The fraction of sp³-hybridized carbons (Fsp3) is 0.526. The molecule has 2 N–H and O–H groups in total. The van der Waals surface area contributed by atoms with Crippen molar-refractivity contribution in [3.8, 4) is 0 Å². The Kier molecular flexibility index (Phi) is 3.98. The minimum absolute atomic E-state index is 0.0119. The molecule has 0 bridgehead atoms. The molecule has 1 aromatic carbocycles. The van der Waals surface area contributed by atoms with Crippen LogP contribution < -0.4 is 5.32 Å². The van der Waals surface area contributed by atoms with Crippen LogP contribution in [-0.2, 0) is 16.0 Å². The number of nitrogens with zero attached hydrogens (tertiary/aromatic N) is 1. The molecule has 6 heteroatoms. The van der Waals surface area contributed by atoms with Crippen LogP contribution in [0.3, 0.4) is 0 Å². The average molecular weight is 342 g/mol. The number of rotatable bonds is 2. The molecular weight excluding hydrogens is 320 g/mol. The highest BCUT2D eigenvalue weighted by Crippen LogP contribution is 2.40. The van der Waals surface area contributed by atoms with Crippen molar-refractivity contribution in [1.82, 2.24) is 4.90 Å². The molecule has 1 saturated carbocycles. The van der Waals surface area contributed by atoms with Gasteiger partial charge in [0, 0.05) is 23.7 Å². The number of aliphatic carboxylic acids is 1. The summed E-state index contributed by atoms with van der Waals surface area (Å²) in [4.78, 5) is 38.0. The zero-order valence-electron chi connectivity index (χ0n) is 14.0. The van der Waals surface area contributed by atoms with Crippen LogP contribution in [0.5, 0.6) is 0 Å². The molecule has 0 radical (unpaired) electrons. The summed E-state index contributed by atoms with van der Waals surface area (Å²) < 4.78 is 0. The second-order valence-corrected chi connectivity index (χ2v) is 7.33. The number of amides is 2. The topological polar surface area (TPSA) is 86.7 Å². The normalized spacial score (nSPS) is 28.1. The quantitative estimate of drug-likeness (QED) is 0.864. The Hall–Kier alpha value is -2.37. The number of hydrogen-bond donors (Lipinski definition) is 2. The number of carboxylic acid groups (broad SMARTS) is 1. The van der Waals surface area contributed by atoms with E-state index in [1.54, 1.807) is 17.0 Å². The van der Waals surface area contributed by atoms with E-state index in [-0.39, 0.29) is 17.9 Å². The summed E-state index contributed by atoms with van der Waals surface area (Å²) in [6.07, 6.45) is 5.65. The Bertz CT molecular complexity index is 745. The summed E-state index contributed by atoms with van der Waals surface area (Å²) in [7, 11) is 0. The molecule has 2 amide bonds. The van der Waals surface area contributed by atoms with Crippen molar-refractivity contribution >= 4 is 23.5 Å². The van der Waals surface area contributed by atoms with Crippen LogP contribution in [0.2, 0.25) is 0 Å². The first-order valence-corrected chi connectivity index (χ1v) is 9.03. The van der Waals surface area contributed by atoms with E-state index in [0.717, 1.165) is 36.9 Å². The van der Waals surface area contributed by atoms with E-state index in [1.165, 1.54) is 0 Å². The number of nitrogens with one attached hydrogen (secondary N) is 1. The van der Waals surface area contributed by atoms with E-state index < -0.39 is 12.0 Å². The highest BCUT2D eigenvalue weighted by molar-refractivity contribution is 5.99. The Morgan fingerprint density at radius 2 is 1.96 bits per heavy atom. The summed E-state index contributed by atoms with van der Waals surface area (Å²) >= 11 is 0. The lowest BCUT2D eigenvalue weighted by Gasteiger charge is -2.33. The zero-order chi connectivity index (χ0) is 17.6. The van der Waals surface area contributed by atoms with Crippen LogP contribution >= 0.6 is 0 Å². The van der Waals surface area contributed by atoms with Gasteiger partial charge in [-0.2, -0.15) is 0 Å². The van der Waals surface area contributed by atoms with Crippen molar-refractivity contribution < 1.29 is 19.5 Å². The summed E-state index contributed by atoms with van der Waals surface area (Å²) in [5, 5.41) is 12.4. The number of carbonyl (C=O) groups excluding carboxylic acids is 2. The van der Waals surface area contributed by atoms with Gasteiger partial charge in [-0.3, -0.25) is 9.59 Å². The smallest absolute Gasteiger partial charge is 0.326 e. The highest BCUT2D eigenvalue weighted by Gasteiger charge is 2.47. The lowest BCUT2D eigenvalue weighted by Crippen LogP contribution is -2.46. The van der Waals surface area contributed by atoms with E-state index in [1.807, 2.05) is 6.07 Å². The standard InChI is InChI=1S/C19H22N2O4/c22-17-8-6-11-9-13(5-7-14(11)20-17)18(23)21-15-4-2-1-3-12(15)10-16(21)19(24)25/h5,7,9,12,15-16H,1-4,6,8,10H2,(H,20,22)(H,24,25)/t12-,15+,16-/m0/s1. The van der Waals surface area contributed by atoms with Crippen molar-refractivity contribution in [2.75, 3.05) is 5.32 Å². The van der Waals surface area contributed by atoms with Gasteiger partial charge in [-0.05, 0) is 55.4 Å². The number of carboxylic acids is 1. The molecule has 0 unspecified atom stereocenters. The van der Waals surface area contributed by atoms with E-state index in [0.29, 0.717) is 30.7 Å². The third-order valence-electron chi connectivity index (χ3n) is 5.86. The van der Waals surface area contributed by atoms with Crippen molar-refractivity contribution in [1.29, 1.82) is 0 Å². The van der Waals surface area contributed by atoms with Crippen molar-refractivity contribution in [2.45, 2.75) is 57.0 Å². The molecule has 4 rings (SSSR count). The van der Waals surface area contributed by atoms with E-state index in [4.69, 9.17) is 0 Å². The predicted octanol–water partition coefficient (Wildman–Crippen LogP) is 2.43. The Labute approximate surface area is 146 Å². The Morgan fingerprint density at radius 1 is 1.16 bits per heavy atom. The van der Waals surface area contributed by atoms with Crippen LogP contribution in [0, 0.1) is 5.92 Å². The molecular formula is C19H22N2O4. The third kappa shape index (κ3) is 2.79. The maximum atomic E-state index is 13.1. The van der Waals surface area contributed by atoms with Gasteiger partial charge in [0.15, 0.2) is 0 Å². The molecule has 1 saturated heterocycles. The summed E-state index contributed by atoms with van der Waals surface area (Å²) in [5.74, 6) is -0.813. The molecule has 2 heterocycles. The van der Waals surface area contributed by atoms with Gasteiger partial charge in [0.25, 0.3) is 5.91 Å². The number of anilines is 1. The number of carbonyl (C=O) groups is 3. The molecule has 0 spiro atoms. The summed E-state index contributed by atoms with van der Waals surface area (Å²) in [6, 6.07) is 4.58. The monoisotopic (exact) mass is 342 g/mol. The molecule has 0 aromatic heterocycles. The van der Waals surface area contributed by atoms with Crippen LogP contribution in [0.25, 0.3) is 0 Å². The largest absolute Gasteiger partial charge is 0.480 e. The van der Waals surface area contributed by atoms with Crippen molar-refractivity contribution in [2.24, 2.45) is 5.92 Å². The Morgan fingerprint density at radius 3 is 2.76 bits per heavy atom. The Balaban J connectivity index is 1.64. The van der Waals surface area contributed by atoms with E-state index >= 15 is 0 Å². The maximum absolute atomic E-state index is 13.1.